The predicted molar refractivity (Wildman–Crippen MR) is 111 cm³/mol. The highest BCUT2D eigenvalue weighted by Crippen LogP contribution is 2.41. The molecule has 1 atom stereocenters. The maximum Gasteiger partial charge on any atom is 0.245 e. The number of fused-ring (bicyclic) bond motifs is 1. The number of sulfonamides is 1. The second kappa shape index (κ2) is 7.50. The number of hydrogen-bond acceptors (Lipinski definition) is 3. The lowest BCUT2D eigenvalue weighted by atomic mass is 10.0. The Morgan fingerprint density at radius 2 is 1.88 bits per heavy atom. The van der Waals surface area contributed by atoms with Crippen molar-refractivity contribution < 1.29 is 8.42 Å². The molecule has 0 N–H and O–H groups in total. The molecule has 26 heavy (non-hydrogen) atoms. The van der Waals surface area contributed by atoms with Crippen LogP contribution in [0.3, 0.4) is 0 Å². The summed E-state index contributed by atoms with van der Waals surface area (Å²) in [5.41, 5.74) is 1.56. The zero-order valence-corrected chi connectivity index (χ0v) is 18.1. The Labute approximate surface area is 168 Å². The molecule has 0 unspecified atom stereocenters. The molecule has 0 aromatic heterocycles. The Morgan fingerprint density at radius 3 is 2.50 bits per heavy atom. The van der Waals surface area contributed by atoms with Crippen molar-refractivity contribution in [2.75, 3.05) is 18.5 Å². The third-order valence-corrected chi connectivity index (χ3v) is 7.80. The van der Waals surface area contributed by atoms with Crippen LogP contribution in [0.4, 0.5) is 11.4 Å². The molecular weight excluding hydrogens is 436 g/mol. The number of benzene rings is 2. The van der Waals surface area contributed by atoms with Gasteiger partial charge in [-0.05, 0) is 52.5 Å². The minimum atomic E-state index is -3.63. The highest BCUT2D eigenvalue weighted by molar-refractivity contribution is 9.10. The molecule has 0 radical (unpaired) electrons. The first kappa shape index (κ1) is 19.7. The largest absolute Gasteiger partial charge is 0.339 e. The molecule has 0 fully saturated rings. The van der Waals surface area contributed by atoms with E-state index in [1.807, 2.05) is 30.3 Å². The van der Waals surface area contributed by atoms with E-state index in [4.69, 9.17) is 11.6 Å². The van der Waals surface area contributed by atoms with Gasteiger partial charge in [-0.25, -0.2) is 8.42 Å². The minimum Gasteiger partial charge on any atom is -0.339 e. The summed E-state index contributed by atoms with van der Waals surface area (Å²) in [6, 6.07) is 13.0. The highest BCUT2D eigenvalue weighted by Gasteiger charge is 2.37. The molecule has 0 bridgehead atoms. The van der Waals surface area contributed by atoms with Crippen LogP contribution in [0.2, 0.25) is 5.02 Å². The van der Waals surface area contributed by atoms with Crippen LogP contribution < -0.4 is 4.90 Å². The average Bonchev–Trinajstić information content (AvgIpc) is 2.66. The van der Waals surface area contributed by atoms with E-state index in [0.717, 1.165) is 12.1 Å². The van der Waals surface area contributed by atoms with Crippen LogP contribution in [0.5, 0.6) is 0 Å². The SMILES string of the molecule is CC(C)C[C@@H]1CN(c2ccccc2)c2cc(Cl)c(Br)cc2S(=O)(=O)N1C. The van der Waals surface area contributed by atoms with E-state index >= 15 is 0 Å². The Kier molecular flexibility index (Phi) is 5.68. The third kappa shape index (κ3) is 3.65. The lowest BCUT2D eigenvalue weighted by molar-refractivity contribution is 0.326. The van der Waals surface area contributed by atoms with E-state index in [1.165, 1.54) is 4.31 Å². The Balaban J connectivity index is 2.25. The van der Waals surface area contributed by atoms with Crippen LogP contribution >= 0.6 is 27.5 Å². The van der Waals surface area contributed by atoms with Crippen molar-refractivity contribution >= 4 is 48.9 Å². The summed E-state index contributed by atoms with van der Waals surface area (Å²) in [5, 5.41) is 0.491. The van der Waals surface area contributed by atoms with Crippen LogP contribution in [0.1, 0.15) is 20.3 Å². The van der Waals surface area contributed by atoms with E-state index in [0.29, 0.717) is 27.6 Å². The summed E-state index contributed by atoms with van der Waals surface area (Å²) in [7, 11) is -1.96. The number of rotatable bonds is 3. The lowest BCUT2D eigenvalue weighted by Gasteiger charge is -2.30. The third-order valence-electron chi connectivity index (χ3n) is 4.67. The summed E-state index contributed by atoms with van der Waals surface area (Å²) < 4.78 is 28.7. The van der Waals surface area contributed by atoms with E-state index in [-0.39, 0.29) is 10.9 Å². The molecule has 2 aromatic rings. The van der Waals surface area contributed by atoms with E-state index < -0.39 is 10.0 Å². The van der Waals surface area contributed by atoms with Gasteiger partial charge >= 0.3 is 0 Å². The Bertz CT molecular complexity index is 903. The summed E-state index contributed by atoms with van der Waals surface area (Å²) in [6.45, 7) is 4.79. The van der Waals surface area contributed by atoms with E-state index in [2.05, 4.69) is 34.7 Å². The number of halogens is 2. The molecule has 4 nitrogen and oxygen atoms in total. The van der Waals surface area contributed by atoms with Gasteiger partial charge in [0.1, 0.15) is 4.90 Å². The number of likely N-dealkylation sites (N-methyl/N-ethyl adjacent to an activating group) is 1. The molecule has 1 aliphatic heterocycles. The molecule has 1 aliphatic rings. The fourth-order valence-electron chi connectivity index (χ4n) is 3.33. The van der Waals surface area contributed by atoms with Gasteiger partial charge in [-0.2, -0.15) is 4.31 Å². The molecule has 0 spiro atoms. The van der Waals surface area contributed by atoms with E-state index in [9.17, 15) is 8.42 Å². The fraction of sp³-hybridized carbons (Fsp3) is 0.368. The van der Waals surface area contributed by atoms with Crippen molar-refractivity contribution in [2.45, 2.75) is 31.2 Å². The molecule has 3 rings (SSSR count). The zero-order valence-electron chi connectivity index (χ0n) is 15.0. The van der Waals surface area contributed by atoms with Crippen LogP contribution in [0.15, 0.2) is 51.8 Å². The molecule has 7 heteroatoms. The second-order valence-electron chi connectivity index (χ2n) is 6.98. The average molecular weight is 458 g/mol. The molecule has 0 saturated carbocycles. The molecule has 140 valence electrons. The highest BCUT2D eigenvalue weighted by atomic mass is 79.9. The topological polar surface area (TPSA) is 40.6 Å². The van der Waals surface area contributed by atoms with Crippen molar-refractivity contribution in [3.8, 4) is 0 Å². The number of para-hydroxylation sites is 1. The molecule has 0 aliphatic carbocycles. The minimum absolute atomic E-state index is 0.134. The van der Waals surface area contributed by atoms with Crippen LogP contribution in [-0.2, 0) is 10.0 Å². The van der Waals surface area contributed by atoms with Crippen molar-refractivity contribution in [3.05, 3.63) is 52.0 Å². The zero-order chi connectivity index (χ0) is 19.1. The van der Waals surface area contributed by atoms with Gasteiger partial charge in [-0.15, -0.1) is 0 Å². The summed E-state index contributed by atoms with van der Waals surface area (Å²) >= 11 is 9.69. The first-order chi connectivity index (χ1) is 12.2. The second-order valence-corrected chi connectivity index (χ2v) is 10.2. The maximum atomic E-state index is 13.3. The van der Waals surface area contributed by atoms with Crippen LogP contribution in [-0.4, -0.2) is 32.4 Å². The summed E-state index contributed by atoms with van der Waals surface area (Å²) in [6.07, 6.45) is 0.780. The first-order valence-corrected chi connectivity index (χ1v) is 11.1. The smallest absolute Gasteiger partial charge is 0.245 e. The van der Waals surface area contributed by atoms with Gasteiger partial charge in [0.15, 0.2) is 0 Å². The molecule has 0 amide bonds. The van der Waals surface area contributed by atoms with E-state index in [1.54, 1.807) is 19.2 Å². The number of hydrogen-bond donors (Lipinski definition) is 0. The van der Waals surface area contributed by atoms with Crippen molar-refractivity contribution in [2.24, 2.45) is 5.92 Å². The van der Waals surface area contributed by atoms with Gasteiger partial charge in [0.2, 0.25) is 10.0 Å². The van der Waals surface area contributed by atoms with Gasteiger partial charge in [0, 0.05) is 29.8 Å². The Morgan fingerprint density at radius 1 is 1.23 bits per heavy atom. The fourth-order valence-corrected chi connectivity index (χ4v) is 5.54. The first-order valence-electron chi connectivity index (χ1n) is 8.51. The van der Waals surface area contributed by atoms with Gasteiger partial charge in [-0.1, -0.05) is 43.6 Å². The van der Waals surface area contributed by atoms with Gasteiger partial charge in [0.05, 0.1) is 10.7 Å². The molecule has 2 aromatic carbocycles. The molecule has 0 saturated heterocycles. The summed E-state index contributed by atoms with van der Waals surface area (Å²) in [4.78, 5) is 2.33. The van der Waals surface area contributed by atoms with Gasteiger partial charge in [0.25, 0.3) is 0 Å². The van der Waals surface area contributed by atoms with Crippen molar-refractivity contribution in [1.82, 2.24) is 4.31 Å². The quantitative estimate of drug-likeness (QED) is 0.629. The standard InChI is InChI=1S/C19H22BrClN2O2S/c1-13(2)9-15-12-23(14-7-5-4-6-8-14)18-11-17(21)16(20)10-19(18)26(24,25)22(15)3/h4-8,10-11,13,15H,9,12H2,1-3H3/t15-/m1/s1. The van der Waals surface area contributed by atoms with Gasteiger partial charge < -0.3 is 4.90 Å². The normalized spacial score (nSPS) is 20.1. The van der Waals surface area contributed by atoms with Crippen LogP contribution in [0.25, 0.3) is 0 Å². The number of nitrogens with zero attached hydrogens (tertiary/aromatic N) is 2. The van der Waals surface area contributed by atoms with Gasteiger partial charge in [-0.3, -0.25) is 0 Å². The number of anilines is 2. The van der Waals surface area contributed by atoms with Crippen molar-refractivity contribution in [3.63, 3.8) is 0 Å². The van der Waals surface area contributed by atoms with Crippen molar-refractivity contribution in [1.29, 1.82) is 0 Å². The Hall–Kier alpha value is -1.08. The molecule has 1 heterocycles. The molecular formula is C19H22BrClN2O2S. The van der Waals surface area contributed by atoms with Crippen LogP contribution in [0, 0.1) is 5.92 Å². The monoisotopic (exact) mass is 456 g/mol. The predicted octanol–water partition coefficient (Wildman–Crippen LogP) is 5.29. The maximum absolute atomic E-state index is 13.3. The lowest BCUT2D eigenvalue weighted by Crippen LogP contribution is -2.41. The summed E-state index contributed by atoms with van der Waals surface area (Å²) in [5.74, 6) is 0.381.